The van der Waals surface area contributed by atoms with Gasteiger partial charge in [-0.2, -0.15) is 0 Å². The van der Waals surface area contributed by atoms with E-state index in [9.17, 15) is 24.1 Å². The number of nitrogens with one attached hydrogen (secondary N) is 2. The van der Waals surface area contributed by atoms with E-state index < -0.39 is 16.6 Å². The molecular weight excluding hydrogens is 373 g/mol. The molecule has 0 aliphatic rings. The molecule has 0 fully saturated rings. The lowest BCUT2D eigenvalue weighted by atomic mass is 10.1. The predicted octanol–water partition coefficient (Wildman–Crippen LogP) is 2.68. The molecular formula is C18H18FN3O4S. The Kier molecular flexibility index (Phi) is 7.30. The van der Waals surface area contributed by atoms with E-state index in [0.717, 1.165) is 4.90 Å². The van der Waals surface area contributed by atoms with Gasteiger partial charge in [0.25, 0.3) is 11.6 Å². The second-order valence-corrected chi connectivity index (χ2v) is 6.66. The minimum absolute atomic E-state index is 0.00648. The molecule has 0 unspecified atom stereocenters. The summed E-state index contributed by atoms with van der Waals surface area (Å²) in [4.78, 5) is 34.5. The Morgan fingerprint density at radius 3 is 2.41 bits per heavy atom. The average Bonchev–Trinajstić information content (AvgIpc) is 2.65. The molecule has 2 aromatic carbocycles. The van der Waals surface area contributed by atoms with Crippen LogP contribution < -0.4 is 10.6 Å². The summed E-state index contributed by atoms with van der Waals surface area (Å²) in [7, 11) is 0. The third kappa shape index (κ3) is 6.37. The summed E-state index contributed by atoms with van der Waals surface area (Å²) in [5, 5.41) is 15.8. The first-order valence-electron chi connectivity index (χ1n) is 8.05. The molecule has 142 valence electrons. The smallest absolute Gasteiger partial charge is 0.269 e. The number of benzene rings is 2. The largest absolute Gasteiger partial charge is 0.354 e. The van der Waals surface area contributed by atoms with Crippen molar-refractivity contribution in [1.29, 1.82) is 0 Å². The van der Waals surface area contributed by atoms with Crippen molar-refractivity contribution in [2.45, 2.75) is 11.8 Å². The predicted molar refractivity (Wildman–Crippen MR) is 100 cm³/mol. The highest BCUT2D eigenvalue weighted by atomic mass is 32.2. The quantitative estimate of drug-likeness (QED) is 0.312. The van der Waals surface area contributed by atoms with Gasteiger partial charge in [-0.1, -0.05) is 6.07 Å². The molecule has 0 spiro atoms. The van der Waals surface area contributed by atoms with Crippen LogP contribution in [0.4, 0.5) is 10.1 Å². The number of nitrogens with zero attached hydrogens (tertiary/aromatic N) is 1. The molecule has 0 aliphatic carbocycles. The van der Waals surface area contributed by atoms with Gasteiger partial charge in [0.2, 0.25) is 5.91 Å². The molecule has 0 bridgehead atoms. The fourth-order valence-electron chi connectivity index (χ4n) is 2.08. The number of amides is 2. The van der Waals surface area contributed by atoms with E-state index in [2.05, 4.69) is 10.6 Å². The van der Waals surface area contributed by atoms with Crippen molar-refractivity contribution in [2.75, 3.05) is 18.8 Å². The number of nitro groups is 1. The monoisotopic (exact) mass is 391 g/mol. The molecule has 0 saturated heterocycles. The third-order valence-electron chi connectivity index (χ3n) is 3.58. The second-order valence-electron chi connectivity index (χ2n) is 5.61. The minimum atomic E-state index is -0.486. The van der Waals surface area contributed by atoms with Crippen LogP contribution in [0.3, 0.4) is 0 Å². The van der Waals surface area contributed by atoms with E-state index in [0.29, 0.717) is 5.56 Å². The molecule has 2 amide bonds. The van der Waals surface area contributed by atoms with Crippen LogP contribution in [0.1, 0.15) is 15.9 Å². The van der Waals surface area contributed by atoms with Crippen LogP contribution in [-0.2, 0) is 4.79 Å². The number of hydrogen-bond acceptors (Lipinski definition) is 5. The van der Waals surface area contributed by atoms with Crippen LogP contribution in [0.25, 0.3) is 0 Å². The first kappa shape index (κ1) is 20.4. The number of hydrogen-bond donors (Lipinski definition) is 2. The molecule has 0 aromatic heterocycles. The van der Waals surface area contributed by atoms with Crippen molar-refractivity contribution in [3.63, 3.8) is 0 Å². The van der Waals surface area contributed by atoms with Crippen LogP contribution >= 0.6 is 11.8 Å². The van der Waals surface area contributed by atoms with Gasteiger partial charge in [0.15, 0.2) is 0 Å². The number of halogens is 1. The lowest BCUT2D eigenvalue weighted by molar-refractivity contribution is -0.384. The summed E-state index contributed by atoms with van der Waals surface area (Å²) in [6.45, 7) is 2.06. The van der Waals surface area contributed by atoms with Gasteiger partial charge in [0.1, 0.15) is 5.82 Å². The van der Waals surface area contributed by atoms with Gasteiger partial charge >= 0.3 is 0 Å². The normalized spacial score (nSPS) is 10.3. The van der Waals surface area contributed by atoms with Gasteiger partial charge in [0, 0.05) is 35.7 Å². The molecule has 9 heteroatoms. The van der Waals surface area contributed by atoms with E-state index in [-0.39, 0.29) is 36.0 Å². The standard InChI is InChI=1S/C18H18FN3O4S/c1-12-2-3-13(10-16(12)19)18(24)21-9-8-20-17(23)11-27-15-6-4-14(5-7-15)22(25)26/h2-7,10H,8-9,11H2,1H3,(H,20,23)(H,21,24). The van der Waals surface area contributed by atoms with Gasteiger partial charge in [-0.15, -0.1) is 11.8 Å². The Hall–Kier alpha value is -2.94. The molecule has 7 nitrogen and oxygen atoms in total. The maximum atomic E-state index is 13.4. The molecule has 0 atom stereocenters. The zero-order valence-corrected chi connectivity index (χ0v) is 15.3. The van der Waals surface area contributed by atoms with Gasteiger partial charge in [-0.3, -0.25) is 19.7 Å². The van der Waals surface area contributed by atoms with Crippen LogP contribution in [0.5, 0.6) is 0 Å². The van der Waals surface area contributed by atoms with E-state index in [4.69, 9.17) is 0 Å². The topological polar surface area (TPSA) is 101 Å². The second kappa shape index (κ2) is 9.67. The van der Waals surface area contributed by atoms with Crippen LogP contribution in [0, 0.1) is 22.9 Å². The Morgan fingerprint density at radius 2 is 1.78 bits per heavy atom. The van der Waals surface area contributed by atoms with Crippen molar-refractivity contribution < 1.29 is 18.9 Å². The van der Waals surface area contributed by atoms with Gasteiger partial charge in [0.05, 0.1) is 10.7 Å². The highest BCUT2D eigenvalue weighted by Crippen LogP contribution is 2.20. The van der Waals surface area contributed by atoms with Gasteiger partial charge in [-0.05, 0) is 36.8 Å². The molecule has 0 heterocycles. The Balaban J connectivity index is 1.67. The third-order valence-corrected chi connectivity index (χ3v) is 4.60. The summed E-state index contributed by atoms with van der Waals surface area (Å²) < 4.78 is 13.4. The van der Waals surface area contributed by atoms with Crippen molar-refractivity contribution in [3.05, 3.63) is 69.5 Å². The number of aryl methyl sites for hydroxylation is 1. The van der Waals surface area contributed by atoms with E-state index in [1.54, 1.807) is 19.1 Å². The summed E-state index contributed by atoms with van der Waals surface area (Å²) in [5.74, 6) is -0.939. The summed E-state index contributed by atoms with van der Waals surface area (Å²) >= 11 is 1.25. The zero-order chi connectivity index (χ0) is 19.8. The first-order valence-corrected chi connectivity index (χ1v) is 9.03. The van der Waals surface area contributed by atoms with Crippen LogP contribution in [0.15, 0.2) is 47.4 Å². The number of rotatable bonds is 8. The summed E-state index contributed by atoms with van der Waals surface area (Å²) in [6.07, 6.45) is 0. The SMILES string of the molecule is Cc1ccc(C(=O)NCCNC(=O)CSc2ccc([N+](=O)[O-])cc2)cc1F. The highest BCUT2D eigenvalue weighted by Gasteiger charge is 2.09. The number of non-ortho nitro benzene ring substituents is 1. The molecule has 27 heavy (non-hydrogen) atoms. The zero-order valence-electron chi connectivity index (χ0n) is 14.5. The van der Waals surface area contributed by atoms with E-state index in [1.807, 2.05) is 0 Å². The highest BCUT2D eigenvalue weighted by molar-refractivity contribution is 8.00. The Labute approximate surface area is 159 Å². The molecule has 2 rings (SSSR count). The summed E-state index contributed by atoms with van der Waals surface area (Å²) in [6, 6.07) is 10.2. The number of carbonyl (C=O) groups excluding carboxylic acids is 2. The van der Waals surface area contributed by atoms with E-state index in [1.165, 1.54) is 42.1 Å². The first-order chi connectivity index (χ1) is 12.9. The lowest BCUT2D eigenvalue weighted by Gasteiger charge is -2.08. The maximum absolute atomic E-state index is 13.4. The van der Waals surface area contributed by atoms with Crippen LogP contribution in [0.2, 0.25) is 0 Å². The average molecular weight is 391 g/mol. The molecule has 0 saturated carbocycles. The Bertz CT molecular complexity index is 843. The van der Waals surface area contributed by atoms with Crippen molar-refractivity contribution in [2.24, 2.45) is 0 Å². The lowest BCUT2D eigenvalue weighted by Crippen LogP contribution is -2.35. The van der Waals surface area contributed by atoms with Crippen molar-refractivity contribution >= 4 is 29.3 Å². The number of thioether (sulfide) groups is 1. The summed E-state index contributed by atoms with van der Waals surface area (Å²) in [5.41, 5.74) is 0.676. The number of nitro benzene ring substituents is 1. The van der Waals surface area contributed by atoms with E-state index >= 15 is 0 Å². The fraction of sp³-hybridized carbons (Fsp3) is 0.222. The maximum Gasteiger partial charge on any atom is 0.269 e. The van der Waals surface area contributed by atoms with Crippen LogP contribution in [-0.4, -0.2) is 35.6 Å². The molecule has 0 aliphatic heterocycles. The molecule has 2 N–H and O–H groups in total. The molecule has 2 aromatic rings. The fourth-order valence-corrected chi connectivity index (χ4v) is 2.81. The van der Waals surface area contributed by atoms with Crippen molar-refractivity contribution in [1.82, 2.24) is 10.6 Å². The number of carbonyl (C=O) groups is 2. The molecule has 0 radical (unpaired) electrons. The Morgan fingerprint density at radius 1 is 1.11 bits per heavy atom. The van der Waals surface area contributed by atoms with Gasteiger partial charge in [-0.25, -0.2) is 4.39 Å². The van der Waals surface area contributed by atoms with Gasteiger partial charge < -0.3 is 10.6 Å². The van der Waals surface area contributed by atoms with Crippen molar-refractivity contribution in [3.8, 4) is 0 Å². The minimum Gasteiger partial charge on any atom is -0.354 e.